The summed E-state index contributed by atoms with van der Waals surface area (Å²) in [6.45, 7) is 1.74. The third kappa shape index (κ3) is 4.03. The van der Waals surface area contributed by atoms with Crippen molar-refractivity contribution in [3.63, 3.8) is 0 Å². The van der Waals surface area contributed by atoms with Crippen molar-refractivity contribution in [1.82, 2.24) is 4.98 Å². The Kier molecular flexibility index (Phi) is 6.48. The molecule has 0 radical (unpaired) electrons. The predicted molar refractivity (Wildman–Crippen MR) is 102 cm³/mol. The molecule has 3 rings (SSSR count). The summed E-state index contributed by atoms with van der Waals surface area (Å²) in [5.74, 6) is -1.93. The Hall–Kier alpha value is -3.66. The molecule has 0 saturated heterocycles. The van der Waals surface area contributed by atoms with Crippen molar-refractivity contribution in [1.29, 1.82) is 0 Å². The number of anilines is 1. The molecular weight excluding hydrogens is 396 g/mol. The van der Waals surface area contributed by atoms with E-state index in [9.17, 15) is 14.4 Å². The molecule has 1 aliphatic heterocycles. The van der Waals surface area contributed by atoms with E-state index < -0.39 is 17.9 Å². The maximum Gasteiger partial charge on any atom is 0.360 e. The highest BCUT2D eigenvalue weighted by Crippen LogP contribution is 2.35. The number of benzene rings is 1. The van der Waals surface area contributed by atoms with Crippen LogP contribution in [0.2, 0.25) is 0 Å². The monoisotopic (exact) mass is 416 g/mol. The number of hydrogen-bond acceptors (Lipinski definition) is 10. The van der Waals surface area contributed by atoms with E-state index in [1.54, 1.807) is 31.2 Å². The first-order valence-electron chi connectivity index (χ1n) is 8.98. The first-order chi connectivity index (χ1) is 14.5. The number of oxazole rings is 1. The fourth-order valence-corrected chi connectivity index (χ4v) is 2.92. The summed E-state index contributed by atoms with van der Waals surface area (Å²) < 4.78 is 25.5. The molecule has 158 valence electrons. The average molecular weight is 416 g/mol. The van der Waals surface area contributed by atoms with Crippen molar-refractivity contribution in [3.8, 4) is 11.5 Å². The Morgan fingerprint density at radius 2 is 1.83 bits per heavy atom. The molecular formula is C20H20N2O8. The first-order valence-corrected chi connectivity index (χ1v) is 8.98. The van der Waals surface area contributed by atoms with Gasteiger partial charge in [0.05, 0.1) is 44.3 Å². The van der Waals surface area contributed by atoms with Gasteiger partial charge in [-0.15, -0.1) is 0 Å². The molecule has 0 unspecified atom stereocenters. The minimum absolute atomic E-state index is 0.00975. The molecule has 10 heteroatoms. The summed E-state index contributed by atoms with van der Waals surface area (Å²) in [4.78, 5) is 42.3. The van der Waals surface area contributed by atoms with Crippen LogP contribution in [0.25, 0.3) is 11.5 Å². The zero-order valence-corrected chi connectivity index (χ0v) is 16.7. The number of hydrogen-bond donors (Lipinski definition) is 0. The van der Waals surface area contributed by atoms with Gasteiger partial charge in [0.2, 0.25) is 5.89 Å². The standard InChI is InChI=1S/C20H20N2O8/c1-4-29-19(24)14-10-30-17(21-14)12-7-5-6-8-15(12)22-11-28-9-13(18(23)26-2)16(22)20(25)27-3/h5-8,10H,4,9,11H2,1-3H3. The molecule has 0 aliphatic carbocycles. The van der Waals surface area contributed by atoms with Gasteiger partial charge in [0.1, 0.15) is 18.7 Å². The molecule has 0 fully saturated rings. The number of para-hydroxylation sites is 1. The normalized spacial score (nSPS) is 13.8. The van der Waals surface area contributed by atoms with Crippen LogP contribution in [0.3, 0.4) is 0 Å². The van der Waals surface area contributed by atoms with E-state index in [0.29, 0.717) is 11.3 Å². The van der Waals surface area contributed by atoms with Crippen molar-refractivity contribution in [3.05, 3.63) is 47.5 Å². The number of carbonyl (C=O) groups excluding carboxylic acids is 3. The van der Waals surface area contributed by atoms with Gasteiger partial charge in [-0.05, 0) is 19.1 Å². The molecule has 0 spiro atoms. The first kappa shape index (κ1) is 21.1. The SMILES string of the molecule is CCOC(=O)c1coc(-c2ccccc2N2COCC(C(=O)OC)=C2C(=O)OC)n1. The Morgan fingerprint density at radius 3 is 2.53 bits per heavy atom. The lowest BCUT2D eigenvalue weighted by atomic mass is 10.1. The summed E-state index contributed by atoms with van der Waals surface area (Å²) in [6.07, 6.45) is 1.19. The minimum Gasteiger partial charge on any atom is -0.466 e. The second kappa shape index (κ2) is 9.23. The molecule has 1 aromatic carbocycles. The minimum atomic E-state index is -0.729. The fourth-order valence-electron chi connectivity index (χ4n) is 2.92. The Morgan fingerprint density at radius 1 is 1.10 bits per heavy atom. The maximum absolute atomic E-state index is 12.5. The molecule has 2 aromatic rings. The summed E-state index contributed by atoms with van der Waals surface area (Å²) in [6, 6.07) is 6.85. The zero-order valence-electron chi connectivity index (χ0n) is 16.7. The molecule has 1 aromatic heterocycles. The van der Waals surface area contributed by atoms with E-state index in [-0.39, 0.29) is 42.8 Å². The second-order valence-electron chi connectivity index (χ2n) is 5.99. The molecule has 10 nitrogen and oxygen atoms in total. The highest BCUT2D eigenvalue weighted by Gasteiger charge is 2.34. The van der Waals surface area contributed by atoms with Gasteiger partial charge in [-0.3, -0.25) is 0 Å². The molecule has 1 aliphatic rings. The van der Waals surface area contributed by atoms with Gasteiger partial charge in [-0.1, -0.05) is 12.1 Å². The van der Waals surface area contributed by atoms with E-state index in [1.807, 2.05) is 0 Å². The van der Waals surface area contributed by atoms with Gasteiger partial charge in [0, 0.05) is 0 Å². The van der Waals surface area contributed by atoms with Crippen LogP contribution in [0.5, 0.6) is 0 Å². The van der Waals surface area contributed by atoms with Gasteiger partial charge in [0.15, 0.2) is 5.69 Å². The molecule has 0 saturated carbocycles. The lowest BCUT2D eigenvalue weighted by molar-refractivity contribution is -0.140. The Labute approximate surface area is 172 Å². The van der Waals surface area contributed by atoms with Gasteiger partial charge in [-0.2, -0.15) is 0 Å². The number of rotatable bonds is 6. The van der Waals surface area contributed by atoms with Gasteiger partial charge in [0.25, 0.3) is 0 Å². The predicted octanol–water partition coefficient (Wildman–Crippen LogP) is 1.91. The highest BCUT2D eigenvalue weighted by molar-refractivity contribution is 6.04. The van der Waals surface area contributed by atoms with Crippen LogP contribution in [0.4, 0.5) is 5.69 Å². The lowest BCUT2D eigenvalue weighted by Gasteiger charge is -2.32. The van der Waals surface area contributed by atoms with E-state index in [1.165, 1.54) is 25.4 Å². The number of aromatic nitrogens is 1. The van der Waals surface area contributed by atoms with Crippen molar-refractivity contribution in [2.75, 3.05) is 39.1 Å². The van der Waals surface area contributed by atoms with Crippen LogP contribution in [0, 0.1) is 0 Å². The van der Waals surface area contributed by atoms with E-state index >= 15 is 0 Å². The molecule has 2 heterocycles. The number of nitrogens with zero attached hydrogens (tertiary/aromatic N) is 2. The third-order valence-corrected chi connectivity index (χ3v) is 4.25. The van der Waals surface area contributed by atoms with Crippen molar-refractivity contribution in [2.24, 2.45) is 0 Å². The van der Waals surface area contributed by atoms with Gasteiger partial charge >= 0.3 is 17.9 Å². The Balaban J connectivity index is 2.09. The Bertz CT molecular complexity index is 994. The van der Waals surface area contributed by atoms with Crippen LogP contribution >= 0.6 is 0 Å². The van der Waals surface area contributed by atoms with Crippen molar-refractivity contribution in [2.45, 2.75) is 6.92 Å². The maximum atomic E-state index is 12.5. The highest BCUT2D eigenvalue weighted by atomic mass is 16.5. The number of methoxy groups -OCH3 is 2. The molecule has 30 heavy (non-hydrogen) atoms. The van der Waals surface area contributed by atoms with Crippen LogP contribution in [-0.2, 0) is 28.5 Å². The molecule has 0 atom stereocenters. The van der Waals surface area contributed by atoms with Crippen LogP contribution in [0.15, 0.2) is 46.2 Å². The van der Waals surface area contributed by atoms with Crippen LogP contribution in [0.1, 0.15) is 17.4 Å². The van der Waals surface area contributed by atoms with E-state index in [0.717, 1.165) is 0 Å². The fraction of sp³-hybridized carbons (Fsp3) is 0.300. The molecule has 0 N–H and O–H groups in total. The lowest BCUT2D eigenvalue weighted by Crippen LogP contribution is -2.39. The summed E-state index contributed by atoms with van der Waals surface area (Å²) in [5.41, 5.74) is 0.932. The van der Waals surface area contributed by atoms with Crippen molar-refractivity contribution < 1.29 is 37.7 Å². The molecule has 0 bridgehead atoms. The third-order valence-electron chi connectivity index (χ3n) is 4.25. The van der Waals surface area contributed by atoms with Gasteiger partial charge < -0.3 is 28.3 Å². The number of carbonyl (C=O) groups is 3. The quantitative estimate of drug-likeness (QED) is 0.510. The van der Waals surface area contributed by atoms with Crippen LogP contribution in [-0.4, -0.2) is 57.1 Å². The summed E-state index contributed by atoms with van der Waals surface area (Å²) in [7, 11) is 2.42. The second-order valence-corrected chi connectivity index (χ2v) is 5.99. The number of ether oxygens (including phenoxy) is 4. The largest absolute Gasteiger partial charge is 0.466 e. The zero-order chi connectivity index (χ0) is 21.7. The van der Waals surface area contributed by atoms with Gasteiger partial charge in [-0.25, -0.2) is 19.4 Å². The molecule has 0 amide bonds. The van der Waals surface area contributed by atoms with E-state index in [2.05, 4.69) is 4.98 Å². The number of esters is 3. The topological polar surface area (TPSA) is 117 Å². The smallest absolute Gasteiger partial charge is 0.360 e. The van der Waals surface area contributed by atoms with E-state index in [4.69, 9.17) is 23.4 Å². The van der Waals surface area contributed by atoms with Crippen LogP contribution < -0.4 is 4.90 Å². The van der Waals surface area contributed by atoms with Crippen molar-refractivity contribution >= 4 is 23.6 Å². The summed E-state index contributed by atoms with van der Waals surface area (Å²) >= 11 is 0. The summed E-state index contributed by atoms with van der Waals surface area (Å²) in [5, 5.41) is 0. The average Bonchev–Trinajstić information content (AvgIpc) is 3.28.